The second-order valence-electron chi connectivity index (χ2n) is 6.66. The van der Waals surface area contributed by atoms with Crippen molar-refractivity contribution in [2.75, 3.05) is 26.2 Å². The molecule has 21 heavy (non-hydrogen) atoms. The Morgan fingerprint density at radius 3 is 2.38 bits per heavy atom. The van der Waals surface area contributed by atoms with Crippen LogP contribution < -0.4 is 0 Å². The van der Waals surface area contributed by atoms with E-state index in [2.05, 4.69) is 16.2 Å². The first kappa shape index (κ1) is 15.8. The zero-order valence-electron chi connectivity index (χ0n) is 13.7. The topological polar surface area (TPSA) is 50.6 Å². The zero-order valence-corrected chi connectivity index (χ0v) is 13.7. The van der Waals surface area contributed by atoms with Crippen molar-refractivity contribution in [2.24, 2.45) is 7.05 Å². The first-order chi connectivity index (χ1) is 9.74. The number of carbonyl (C=O) groups excluding carboxylic acids is 1. The minimum absolute atomic E-state index is 0.209. The van der Waals surface area contributed by atoms with Crippen LogP contribution in [0.4, 0.5) is 4.79 Å². The van der Waals surface area contributed by atoms with Crippen LogP contribution in [-0.4, -0.2) is 57.5 Å². The molecule has 118 valence electrons. The Hall–Kier alpha value is -1.56. The normalized spacial score (nSPS) is 17.1. The summed E-state index contributed by atoms with van der Waals surface area (Å²) in [5.74, 6) is 0. The smallest absolute Gasteiger partial charge is 0.410 e. The van der Waals surface area contributed by atoms with Crippen LogP contribution in [0.25, 0.3) is 0 Å². The molecule has 0 spiro atoms. The van der Waals surface area contributed by atoms with Gasteiger partial charge in [-0.1, -0.05) is 0 Å². The van der Waals surface area contributed by atoms with E-state index in [1.807, 2.05) is 39.4 Å². The van der Waals surface area contributed by atoms with Crippen LogP contribution in [-0.2, 0) is 18.3 Å². The van der Waals surface area contributed by atoms with Crippen LogP contribution in [0.1, 0.15) is 32.0 Å². The van der Waals surface area contributed by atoms with Crippen LogP contribution in [0.3, 0.4) is 0 Å². The standard InChI is InChI=1S/C15H26N4O2/c1-12-13(10-17(5)16-12)11-18-6-8-19(9-7-18)14(20)21-15(2,3)4/h10H,6-9,11H2,1-5H3. The maximum Gasteiger partial charge on any atom is 0.410 e. The summed E-state index contributed by atoms with van der Waals surface area (Å²) in [6.45, 7) is 11.8. The van der Waals surface area contributed by atoms with Gasteiger partial charge in [0.05, 0.1) is 5.69 Å². The molecule has 0 atom stereocenters. The summed E-state index contributed by atoms with van der Waals surface area (Å²) < 4.78 is 7.26. The van der Waals surface area contributed by atoms with Gasteiger partial charge in [-0.3, -0.25) is 9.58 Å². The summed E-state index contributed by atoms with van der Waals surface area (Å²) in [6.07, 6.45) is 1.86. The Balaban J connectivity index is 1.83. The van der Waals surface area contributed by atoms with Crippen molar-refractivity contribution >= 4 is 6.09 Å². The van der Waals surface area contributed by atoms with Gasteiger partial charge in [-0.05, 0) is 27.7 Å². The van der Waals surface area contributed by atoms with Crippen molar-refractivity contribution < 1.29 is 9.53 Å². The minimum atomic E-state index is -0.430. The Morgan fingerprint density at radius 1 is 1.29 bits per heavy atom. The molecule has 0 radical (unpaired) electrons. The number of hydrogen-bond donors (Lipinski definition) is 0. The quantitative estimate of drug-likeness (QED) is 0.834. The van der Waals surface area contributed by atoms with E-state index in [1.165, 1.54) is 5.56 Å². The van der Waals surface area contributed by atoms with E-state index in [1.54, 1.807) is 4.90 Å². The van der Waals surface area contributed by atoms with Crippen molar-refractivity contribution in [1.82, 2.24) is 19.6 Å². The maximum atomic E-state index is 12.0. The molecule has 1 aromatic rings. The highest BCUT2D eigenvalue weighted by molar-refractivity contribution is 5.68. The van der Waals surface area contributed by atoms with Crippen LogP contribution in [0.15, 0.2) is 6.20 Å². The second-order valence-corrected chi connectivity index (χ2v) is 6.66. The van der Waals surface area contributed by atoms with Gasteiger partial charge in [-0.2, -0.15) is 5.10 Å². The van der Waals surface area contributed by atoms with E-state index in [0.29, 0.717) is 13.1 Å². The fourth-order valence-electron chi connectivity index (χ4n) is 2.46. The van der Waals surface area contributed by atoms with E-state index in [4.69, 9.17) is 4.74 Å². The van der Waals surface area contributed by atoms with Crippen molar-refractivity contribution in [3.63, 3.8) is 0 Å². The van der Waals surface area contributed by atoms with Crippen molar-refractivity contribution in [3.8, 4) is 0 Å². The van der Waals surface area contributed by atoms with Gasteiger partial charge < -0.3 is 9.64 Å². The van der Waals surface area contributed by atoms with Gasteiger partial charge >= 0.3 is 6.09 Å². The summed E-state index contributed by atoms with van der Waals surface area (Å²) in [6, 6.07) is 0. The summed E-state index contributed by atoms with van der Waals surface area (Å²) in [7, 11) is 1.94. The fourth-order valence-corrected chi connectivity index (χ4v) is 2.46. The second kappa shape index (κ2) is 6.05. The molecule has 0 N–H and O–H groups in total. The summed E-state index contributed by atoms with van der Waals surface area (Å²) in [5.41, 5.74) is 1.90. The number of carbonyl (C=O) groups is 1. The van der Waals surface area contributed by atoms with E-state index >= 15 is 0 Å². The third-order valence-corrected chi connectivity index (χ3v) is 3.53. The molecule has 0 unspecified atom stereocenters. The van der Waals surface area contributed by atoms with Gasteiger partial charge in [0.15, 0.2) is 0 Å². The largest absolute Gasteiger partial charge is 0.444 e. The molecule has 1 saturated heterocycles. The number of amides is 1. The molecule has 1 aliphatic heterocycles. The van der Waals surface area contributed by atoms with Crippen LogP contribution in [0.5, 0.6) is 0 Å². The number of nitrogens with zero attached hydrogens (tertiary/aromatic N) is 4. The molecule has 0 saturated carbocycles. The Bertz CT molecular complexity index is 496. The van der Waals surface area contributed by atoms with Crippen LogP contribution >= 0.6 is 0 Å². The molecule has 6 heteroatoms. The van der Waals surface area contributed by atoms with Gasteiger partial charge in [0.2, 0.25) is 0 Å². The highest BCUT2D eigenvalue weighted by atomic mass is 16.6. The summed E-state index contributed by atoms with van der Waals surface area (Å²) in [4.78, 5) is 16.1. The Labute approximate surface area is 126 Å². The molecule has 1 fully saturated rings. The molecule has 2 rings (SSSR count). The molecule has 0 bridgehead atoms. The number of ether oxygens (including phenoxy) is 1. The highest BCUT2D eigenvalue weighted by Gasteiger charge is 2.26. The molecule has 2 heterocycles. The first-order valence-corrected chi connectivity index (χ1v) is 7.44. The van der Waals surface area contributed by atoms with Crippen LogP contribution in [0, 0.1) is 6.92 Å². The number of piperazine rings is 1. The predicted octanol–water partition coefficient (Wildman–Crippen LogP) is 1.78. The number of aryl methyl sites for hydroxylation is 2. The van der Waals surface area contributed by atoms with E-state index < -0.39 is 5.60 Å². The van der Waals surface area contributed by atoms with Gasteiger partial charge in [0.1, 0.15) is 5.60 Å². The van der Waals surface area contributed by atoms with Crippen molar-refractivity contribution in [2.45, 2.75) is 39.8 Å². The third kappa shape index (κ3) is 4.46. The molecule has 1 aromatic heterocycles. The third-order valence-electron chi connectivity index (χ3n) is 3.53. The maximum absolute atomic E-state index is 12.0. The lowest BCUT2D eigenvalue weighted by Gasteiger charge is -2.35. The molecule has 1 amide bonds. The van der Waals surface area contributed by atoms with E-state index in [0.717, 1.165) is 25.3 Å². The predicted molar refractivity (Wildman–Crippen MR) is 81.0 cm³/mol. The zero-order chi connectivity index (χ0) is 15.6. The fraction of sp³-hybridized carbons (Fsp3) is 0.733. The monoisotopic (exact) mass is 294 g/mol. The lowest BCUT2D eigenvalue weighted by Crippen LogP contribution is -2.49. The lowest BCUT2D eigenvalue weighted by molar-refractivity contribution is 0.0139. The lowest BCUT2D eigenvalue weighted by atomic mass is 10.2. The number of aromatic nitrogens is 2. The van der Waals surface area contributed by atoms with Gasteiger partial charge in [0.25, 0.3) is 0 Å². The number of hydrogen-bond acceptors (Lipinski definition) is 4. The number of rotatable bonds is 2. The van der Waals surface area contributed by atoms with E-state index in [9.17, 15) is 4.79 Å². The van der Waals surface area contributed by atoms with Gasteiger partial charge in [0, 0.05) is 51.5 Å². The summed E-state index contributed by atoms with van der Waals surface area (Å²) in [5, 5.41) is 4.37. The van der Waals surface area contributed by atoms with Crippen molar-refractivity contribution in [1.29, 1.82) is 0 Å². The van der Waals surface area contributed by atoms with E-state index in [-0.39, 0.29) is 6.09 Å². The minimum Gasteiger partial charge on any atom is -0.444 e. The molecular formula is C15H26N4O2. The molecule has 1 aliphatic rings. The highest BCUT2D eigenvalue weighted by Crippen LogP contribution is 2.14. The van der Waals surface area contributed by atoms with Crippen molar-refractivity contribution in [3.05, 3.63) is 17.5 Å². The average Bonchev–Trinajstić information content (AvgIpc) is 2.66. The SMILES string of the molecule is Cc1nn(C)cc1CN1CCN(C(=O)OC(C)(C)C)CC1. The molecule has 6 nitrogen and oxygen atoms in total. The Kier molecular flexibility index (Phi) is 4.56. The molecule has 0 aromatic carbocycles. The molecule has 0 aliphatic carbocycles. The average molecular weight is 294 g/mol. The Morgan fingerprint density at radius 2 is 1.90 bits per heavy atom. The van der Waals surface area contributed by atoms with Crippen LogP contribution in [0.2, 0.25) is 0 Å². The first-order valence-electron chi connectivity index (χ1n) is 7.44. The van der Waals surface area contributed by atoms with Gasteiger partial charge in [-0.25, -0.2) is 4.79 Å². The molecular weight excluding hydrogens is 268 g/mol. The van der Waals surface area contributed by atoms with Gasteiger partial charge in [-0.15, -0.1) is 0 Å². The summed E-state index contributed by atoms with van der Waals surface area (Å²) >= 11 is 0.